The minimum Gasteiger partial charge on any atom is -0.375 e. The number of aromatic nitrogens is 1. The number of carbonyl (C=O) groups excluding carboxylic acids is 1. The highest BCUT2D eigenvalue weighted by atomic mass is 16.5. The molecule has 0 aliphatic carbocycles. The van der Waals surface area contributed by atoms with Crippen molar-refractivity contribution in [1.29, 1.82) is 0 Å². The molecule has 0 saturated carbocycles. The summed E-state index contributed by atoms with van der Waals surface area (Å²) in [5.74, 6) is 0.298. The molecule has 1 atom stereocenters. The molecule has 20 heavy (non-hydrogen) atoms. The first-order valence-corrected chi connectivity index (χ1v) is 6.41. The molecule has 106 valence electrons. The summed E-state index contributed by atoms with van der Waals surface area (Å²) in [4.78, 5) is 12.0. The third-order valence-electron chi connectivity index (χ3n) is 3.26. The summed E-state index contributed by atoms with van der Waals surface area (Å²) in [7, 11) is 1.63. The largest absolute Gasteiger partial charge is 0.375 e. The number of amides is 1. The summed E-state index contributed by atoms with van der Waals surface area (Å²) in [6.45, 7) is 4.12. The van der Waals surface area contributed by atoms with Gasteiger partial charge < -0.3 is 14.6 Å². The summed E-state index contributed by atoms with van der Waals surface area (Å²) < 4.78 is 10.3. The van der Waals surface area contributed by atoms with Gasteiger partial charge in [-0.1, -0.05) is 29.4 Å². The molecule has 5 heteroatoms. The Labute approximate surface area is 117 Å². The molecule has 0 saturated heterocycles. The first kappa shape index (κ1) is 14.3. The monoisotopic (exact) mass is 274 g/mol. The number of benzene rings is 1. The zero-order chi connectivity index (χ0) is 14.5. The third kappa shape index (κ3) is 3.05. The SMILES string of the molecule is CO[C@@H](CNC(=O)c1cnoc1C)c1ccccc1C. The molecule has 0 aliphatic rings. The van der Waals surface area contributed by atoms with Crippen molar-refractivity contribution in [1.82, 2.24) is 10.5 Å². The van der Waals surface area contributed by atoms with Gasteiger partial charge in [0.15, 0.2) is 0 Å². The maximum absolute atomic E-state index is 12.0. The van der Waals surface area contributed by atoms with Crippen LogP contribution in [0.1, 0.15) is 33.3 Å². The van der Waals surface area contributed by atoms with Gasteiger partial charge in [0.25, 0.3) is 5.91 Å². The van der Waals surface area contributed by atoms with Crippen LogP contribution in [0.2, 0.25) is 0 Å². The Balaban J connectivity index is 2.03. The zero-order valence-electron chi connectivity index (χ0n) is 11.8. The third-order valence-corrected chi connectivity index (χ3v) is 3.26. The molecule has 0 radical (unpaired) electrons. The summed E-state index contributed by atoms with van der Waals surface area (Å²) in [5, 5.41) is 6.43. The highest BCUT2D eigenvalue weighted by Gasteiger charge is 2.17. The maximum Gasteiger partial charge on any atom is 0.256 e. The molecule has 1 heterocycles. The van der Waals surface area contributed by atoms with Crippen LogP contribution in [0.5, 0.6) is 0 Å². The van der Waals surface area contributed by atoms with Crippen molar-refractivity contribution in [3.63, 3.8) is 0 Å². The molecule has 0 fully saturated rings. The standard InChI is InChI=1S/C15H18N2O3/c1-10-6-4-5-7-12(10)14(19-3)9-16-15(18)13-8-17-20-11(13)2/h4-8,14H,9H2,1-3H3,(H,16,18)/t14-/m0/s1. The van der Waals surface area contributed by atoms with Gasteiger partial charge in [-0.05, 0) is 25.0 Å². The number of rotatable bonds is 5. The number of hydrogen-bond acceptors (Lipinski definition) is 4. The van der Waals surface area contributed by atoms with E-state index in [0.717, 1.165) is 11.1 Å². The van der Waals surface area contributed by atoms with Crippen molar-refractivity contribution < 1.29 is 14.1 Å². The predicted molar refractivity (Wildman–Crippen MR) is 74.5 cm³/mol. The van der Waals surface area contributed by atoms with Gasteiger partial charge >= 0.3 is 0 Å². The zero-order valence-corrected chi connectivity index (χ0v) is 11.8. The van der Waals surface area contributed by atoms with Gasteiger partial charge in [0.1, 0.15) is 11.3 Å². The lowest BCUT2D eigenvalue weighted by Crippen LogP contribution is -2.29. The van der Waals surface area contributed by atoms with E-state index in [1.807, 2.05) is 31.2 Å². The average Bonchev–Trinajstić information content (AvgIpc) is 2.87. The second-order valence-electron chi connectivity index (χ2n) is 4.59. The van der Waals surface area contributed by atoms with Crippen LogP contribution in [0, 0.1) is 13.8 Å². The second kappa shape index (κ2) is 6.34. The molecule has 5 nitrogen and oxygen atoms in total. The number of aryl methyl sites for hydroxylation is 2. The van der Waals surface area contributed by atoms with Gasteiger partial charge in [0, 0.05) is 13.7 Å². The van der Waals surface area contributed by atoms with Crippen molar-refractivity contribution in [2.45, 2.75) is 20.0 Å². The highest BCUT2D eigenvalue weighted by molar-refractivity contribution is 5.94. The minimum absolute atomic E-state index is 0.180. The number of nitrogens with zero attached hydrogens (tertiary/aromatic N) is 1. The van der Waals surface area contributed by atoms with E-state index in [9.17, 15) is 4.79 Å². The lowest BCUT2D eigenvalue weighted by molar-refractivity contribution is 0.0825. The van der Waals surface area contributed by atoms with Crippen molar-refractivity contribution in [2.75, 3.05) is 13.7 Å². The van der Waals surface area contributed by atoms with Crippen molar-refractivity contribution >= 4 is 5.91 Å². The van der Waals surface area contributed by atoms with E-state index in [4.69, 9.17) is 9.26 Å². The quantitative estimate of drug-likeness (QED) is 0.909. The van der Waals surface area contributed by atoms with Crippen molar-refractivity contribution in [3.8, 4) is 0 Å². The Morgan fingerprint density at radius 1 is 1.40 bits per heavy atom. The molecule has 2 rings (SSSR count). The molecule has 0 unspecified atom stereocenters. The average molecular weight is 274 g/mol. The number of nitrogens with one attached hydrogen (secondary N) is 1. The van der Waals surface area contributed by atoms with Gasteiger partial charge in [-0.3, -0.25) is 4.79 Å². The Hall–Kier alpha value is -2.14. The van der Waals surface area contributed by atoms with Gasteiger partial charge in [0.2, 0.25) is 0 Å². The smallest absolute Gasteiger partial charge is 0.256 e. The maximum atomic E-state index is 12.0. The molecule has 1 aromatic carbocycles. The highest BCUT2D eigenvalue weighted by Crippen LogP contribution is 2.19. The Kier molecular flexibility index (Phi) is 4.53. The lowest BCUT2D eigenvalue weighted by Gasteiger charge is -2.18. The molecule has 1 amide bonds. The van der Waals surface area contributed by atoms with E-state index in [1.54, 1.807) is 14.0 Å². The summed E-state index contributed by atoms with van der Waals surface area (Å²) in [6, 6.07) is 7.96. The number of carbonyl (C=O) groups is 1. The molecule has 0 bridgehead atoms. The van der Waals surface area contributed by atoms with E-state index < -0.39 is 0 Å². The lowest BCUT2D eigenvalue weighted by atomic mass is 10.0. The molecule has 0 spiro atoms. The second-order valence-corrected chi connectivity index (χ2v) is 4.59. The van der Waals surface area contributed by atoms with Crippen LogP contribution < -0.4 is 5.32 Å². The van der Waals surface area contributed by atoms with Gasteiger partial charge in [-0.25, -0.2) is 0 Å². The van der Waals surface area contributed by atoms with Gasteiger partial charge in [-0.15, -0.1) is 0 Å². The molecular weight excluding hydrogens is 256 g/mol. The Bertz CT molecular complexity index is 592. The van der Waals surface area contributed by atoms with Crippen molar-refractivity contribution in [3.05, 3.63) is 52.9 Å². The van der Waals surface area contributed by atoms with Crippen molar-refractivity contribution in [2.24, 2.45) is 0 Å². The molecule has 1 aromatic heterocycles. The van der Waals surface area contributed by atoms with Crippen LogP contribution in [0.3, 0.4) is 0 Å². The molecule has 2 aromatic rings. The molecule has 0 aliphatic heterocycles. The number of methoxy groups -OCH3 is 1. The first-order valence-electron chi connectivity index (χ1n) is 6.41. The van der Waals surface area contributed by atoms with E-state index in [0.29, 0.717) is 17.9 Å². The Morgan fingerprint density at radius 2 is 2.15 bits per heavy atom. The van der Waals surface area contributed by atoms with Crippen LogP contribution in [-0.4, -0.2) is 24.7 Å². The number of hydrogen-bond donors (Lipinski definition) is 1. The normalized spacial score (nSPS) is 12.2. The van der Waals surface area contributed by atoms with Gasteiger partial charge in [0.05, 0.1) is 12.3 Å². The molecular formula is C15H18N2O3. The number of ether oxygens (including phenoxy) is 1. The summed E-state index contributed by atoms with van der Waals surface area (Å²) in [5.41, 5.74) is 2.65. The fourth-order valence-electron chi connectivity index (χ4n) is 2.07. The Morgan fingerprint density at radius 3 is 2.75 bits per heavy atom. The summed E-state index contributed by atoms with van der Waals surface area (Å²) in [6.07, 6.45) is 1.24. The topological polar surface area (TPSA) is 64.4 Å². The van der Waals surface area contributed by atoms with Crippen LogP contribution >= 0.6 is 0 Å². The van der Waals surface area contributed by atoms with Crippen LogP contribution in [-0.2, 0) is 4.74 Å². The van der Waals surface area contributed by atoms with Crippen LogP contribution in [0.4, 0.5) is 0 Å². The molecule has 1 N–H and O–H groups in total. The fourth-order valence-corrected chi connectivity index (χ4v) is 2.07. The first-order chi connectivity index (χ1) is 9.63. The van der Waals surface area contributed by atoms with E-state index in [1.165, 1.54) is 6.20 Å². The predicted octanol–water partition coefficient (Wildman–Crippen LogP) is 2.41. The minimum atomic E-state index is -0.209. The van der Waals surface area contributed by atoms with Gasteiger partial charge in [-0.2, -0.15) is 0 Å². The van der Waals surface area contributed by atoms with Crippen LogP contribution in [0.15, 0.2) is 35.0 Å². The fraction of sp³-hybridized carbons (Fsp3) is 0.333. The van der Waals surface area contributed by atoms with E-state index in [-0.39, 0.29) is 12.0 Å². The summed E-state index contributed by atoms with van der Waals surface area (Å²) >= 11 is 0. The van der Waals surface area contributed by atoms with Crippen LogP contribution in [0.25, 0.3) is 0 Å². The van der Waals surface area contributed by atoms with E-state index in [2.05, 4.69) is 10.5 Å². The van der Waals surface area contributed by atoms with E-state index >= 15 is 0 Å².